The van der Waals surface area contributed by atoms with Crippen molar-refractivity contribution in [1.29, 1.82) is 0 Å². The van der Waals surface area contributed by atoms with E-state index in [4.69, 9.17) is 5.73 Å². The SMILES string of the molecule is Cc1ccc(S(=O)(=O)/N=C(\N)C(=O)/C=C/c2ccccc2)cc1. The maximum Gasteiger partial charge on any atom is 0.284 e. The molecule has 0 unspecified atom stereocenters. The third-order valence-electron chi connectivity index (χ3n) is 3.02. The fourth-order valence-corrected chi connectivity index (χ4v) is 2.69. The van der Waals surface area contributed by atoms with Gasteiger partial charge in [-0.05, 0) is 30.7 Å². The quantitative estimate of drug-likeness (QED) is 0.518. The number of nitrogens with two attached hydrogens (primary N) is 1. The average Bonchev–Trinajstić information content (AvgIpc) is 2.53. The second-order valence-electron chi connectivity index (χ2n) is 4.87. The number of rotatable bonds is 5. The molecule has 0 spiro atoms. The zero-order valence-electron chi connectivity index (χ0n) is 12.5. The minimum atomic E-state index is -4.00. The first-order valence-electron chi connectivity index (χ1n) is 6.83. The number of carbonyl (C=O) groups is 1. The third kappa shape index (κ3) is 4.62. The minimum absolute atomic E-state index is 0.00844. The highest BCUT2D eigenvalue weighted by molar-refractivity contribution is 7.90. The van der Waals surface area contributed by atoms with Gasteiger partial charge in [0.2, 0.25) is 5.78 Å². The van der Waals surface area contributed by atoms with E-state index in [0.29, 0.717) is 0 Å². The molecule has 2 N–H and O–H groups in total. The first-order chi connectivity index (χ1) is 10.9. The molecule has 2 aromatic carbocycles. The molecule has 2 rings (SSSR count). The van der Waals surface area contributed by atoms with Crippen LogP contribution in [0.4, 0.5) is 0 Å². The summed E-state index contributed by atoms with van der Waals surface area (Å²) < 4.78 is 27.6. The van der Waals surface area contributed by atoms with Crippen LogP contribution in [0.5, 0.6) is 0 Å². The molecule has 2 aromatic rings. The molecular weight excluding hydrogens is 312 g/mol. The van der Waals surface area contributed by atoms with Gasteiger partial charge in [-0.3, -0.25) is 4.79 Å². The van der Waals surface area contributed by atoms with Crippen molar-refractivity contribution in [2.24, 2.45) is 10.1 Å². The van der Waals surface area contributed by atoms with Gasteiger partial charge in [0.1, 0.15) is 0 Å². The Labute approximate surface area is 135 Å². The maximum atomic E-state index is 12.1. The molecule has 0 radical (unpaired) electrons. The van der Waals surface area contributed by atoms with Crippen LogP contribution in [0.3, 0.4) is 0 Å². The van der Waals surface area contributed by atoms with Crippen molar-refractivity contribution in [2.45, 2.75) is 11.8 Å². The summed E-state index contributed by atoms with van der Waals surface area (Å²) in [6, 6.07) is 15.2. The molecule has 0 bridgehead atoms. The highest BCUT2D eigenvalue weighted by Crippen LogP contribution is 2.13. The Hall–Kier alpha value is -2.73. The van der Waals surface area contributed by atoms with Crippen molar-refractivity contribution >= 4 is 27.7 Å². The third-order valence-corrected chi connectivity index (χ3v) is 4.32. The monoisotopic (exact) mass is 328 g/mol. The summed E-state index contributed by atoms with van der Waals surface area (Å²) in [4.78, 5) is 11.9. The molecule has 0 aliphatic carbocycles. The van der Waals surface area contributed by atoms with E-state index < -0.39 is 21.6 Å². The summed E-state index contributed by atoms with van der Waals surface area (Å²) in [6.45, 7) is 1.84. The van der Waals surface area contributed by atoms with Gasteiger partial charge in [-0.25, -0.2) is 0 Å². The fourth-order valence-electron chi connectivity index (χ4n) is 1.76. The van der Waals surface area contributed by atoms with Crippen LogP contribution in [0.15, 0.2) is 70.0 Å². The van der Waals surface area contributed by atoms with E-state index in [1.807, 2.05) is 25.1 Å². The Morgan fingerprint density at radius 2 is 1.65 bits per heavy atom. The molecule has 0 aliphatic heterocycles. The number of sulfonamides is 1. The predicted octanol–water partition coefficient (Wildman–Crippen LogP) is 2.32. The second-order valence-corrected chi connectivity index (χ2v) is 6.48. The number of aryl methyl sites for hydroxylation is 1. The molecule has 118 valence electrons. The number of carbonyl (C=O) groups excluding carboxylic acids is 1. The van der Waals surface area contributed by atoms with Crippen LogP contribution in [0.2, 0.25) is 0 Å². The summed E-state index contributed by atoms with van der Waals surface area (Å²) in [5.74, 6) is -1.23. The van der Waals surface area contributed by atoms with Crippen molar-refractivity contribution in [3.63, 3.8) is 0 Å². The molecule has 0 amide bonds. The van der Waals surface area contributed by atoms with Crippen molar-refractivity contribution < 1.29 is 13.2 Å². The molecule has 0 heterocycles. The Bertz CT molecular complexity index is 852. The normalized spacial score (nSPS) is 12.5. The number of hydrogen-bond donors (Lipinski definition) is 1. The summed E-state index contributed by atoms with van der Waals surface area (Å²) >= 11 is 0. The molecule has 23 heavy (non-hydrogen) atoms. The number of ketones is 1. The number of benzene rings is 2. The molecule has 0 aliphatic rings. The van der Waals surface area contributed by atoms with Gasteiger partial charge in [-0.1, -0.05) is 54.1 Å². The Kier molecular flexibility index (Phi) is 5.08. The van der Waals surface area contributed by atoms with Gasteiger partial charge < -0.3 is 5.73 Å². The Morgan fingerprint density at radius 1 is 1.04 bits per heavy atom. The highest BCUT2D eigenvalue weighted by Gasteiger charge is 2.15. The van der Waals surface area contributed by atoms with Crippen molar-refractivity contribution in [3.8, 4) is 0 Å². The summed E-state index contributed by atoms with van der Waals surface area (Å²) in [7, 11) is -4.00. The van der Waals surface area contributed by atoms with Crippen LogP contribution < -0.4 is 5.73 Å². The van der Waals surface area contributed by atoms with Gasteiger partial charge in [0.15, 0.2) is 5.84 Å². The minimum Gasteiger partial charge on any atom is -0.380 e. The topological polar surface area (TPSA) is 89.6 Å². The highest BCUT2D eigenvalue weighted by atomic mass is 32.2. The lowest BCUT2D eigenvalue weighted by atomic mass is 10.2. The Morgan fingerprint density at radius 3 is 2.26 bits per heavy atom. The van der Waals surface area contributed by atoms with Crippen LogP contribution in [-0.4, -0.2) is 20.0 Å². The largest absolute Gasteiger partial charge is 0.380 e. The van der Waals surface area contributed by atoms with E-state index in [-0.39, 0.29) is 4.90 Å². The van der Waals surface area contributed by atoms with Crippen molar-refractivity contribution in [3.05, 3.63) is 71.8 Å². The smallest absolute Gasteiger partial charge is 0.284 e. The summed E-state index contributed by atoms with van der Waals surface area (Å²) in [6.07, 6.45) is 2.74. The lowest BCUT2D eigenvalue weighted by molar-refractivity contribution is -0.108. The van der Waals surface area contributed by atoms with Gasteiger partial charge in [0, 0.05) is 0 Å². The molecule has 0 fully saturated rings. The maximum absolute atomic E-state index is 12.1. The summed E-state index contributed by atoms with van der Waals surface area (Å²) in [5, 5.41) is 0. The molecular formula is C17H16N2O3S. The van der Waals surface area contributed by atoms with E-state index in [2.05, 4.69) is 4.40 Å². The first-order valence-corrected chi connectivity index (χ1v) is 8.27. The van der Waals surface area contributed by atoms with Crippen LogP contribution in [0, 0.1) is 6.92 Å². The van der Waals surface area contributed by atoms with Crippen LogP contribution in [0.25, 0.3) is 6.08 Å². The zero-order valence-corrected chi connectivity index (χ0v) is 13.3. The lowest BCUT2D eigenvalue weighted by Crippen LogP contribution is -2.23. The average molecular weight is 328 g/mol. The van der Waals surface area contributed by atoms with Crippen molar-refractivity contribution in [2.75, 3.05) is 0 Å². The van der Waals surface area contributed by atoms with Gasteiger partial charge in [-0.2, -0.15) is 8.42 Å². The lowest BCUT2D eigenvalue weighted by Gasteiger charge is -2.00. The van der Waals surface area contributed by atoms with E-state index in [1.54, 1.807) is 30.3 Å². The van der Waals surface area contributed by atoms with Crippen LogP contribution in [-0.2, 0) is 14.8 Å². The zero-order chi connectivity index (χ0) is 16.9. The fraction of sp³-hybridized carbons (Fsp3) is 0.0588. The first kappa shape index (κ1) is 16.6. The number of amidine groups is 1. The summed E-state index contributed by atoms with van der Waals surface area (Å²) in [5.41, 5.74) is 7.22. The van der Waals surface area contributed by atoms with E-state index in [9.17, 15) is 13.2 Å². The molecule has 6 heteroatoms. The van der Waals surface area contributed by atoms with Crippen molar-refractivity contribution in [1.82, 2.24) is 0 Å². The number of hydrogen-bond acceptors (Lipinski definition) is 3. The standard InChI is InChI=1S/C17H16N2O3S/c1-13-7-10-15(11-8-13)23(21,22)19-17(18)16(20)12-9-14-5-3-2-4-6-14/h2-12H,1H3,(H2,18,19)/b12-9+. The number of nitrogens with zero attached hydrogens (tertiary/aromatic N) is 1. The van der Waals surface area contributed by atoms with E-state index in [1.165, 1.54) is 18.2 Å². The molecule has 5 nitrogen and oxygen atoms in total. The van der Waals surface area contributed by atoms with Crippen LogP contribution in [0.1, 0.15) is 11.1 Å². The molecule has 0 saturated heterocycles. The molecule has 0 atom stereocenters. The predicted molar refractivity (Wildman–Crippen MR) is 90.5 cm³/mol. The molecule has 0 aromatic heterocycles. The Balaban J connectivity index is 2.19. The van der Waals surface area contributed by atoms with Crippen LogP contribution >= 0.6 is 0 Å². The molecule has 0 saturated carbocycles. The van der Waals surface area contributed by atoms with Gasteiger partial charge >= 0.3 is 0 Å². The van der Waals surface area contributed by atoms with E-state index in [0.717, 1.165) is 11.1 Å². The van der Waals surface area contributed by atoms with Gasteiger partial charge in [0.25, 0.3) is 10.0 Å². The second kappa shape index (κ2) is 7.02. The van der Waals surface area contributed by atoms with Gasteiger partial charge in [0.05, 0.1) is 4.90 Å². The van der Waals surface area contributed by atoms with E-state index >= 15 is 0 Å². The van der Waals surface area contributed by atoms with Gasteiger partial charge in [-0.15, -0.1) is 4.40 Å².